The van der Waals surface area contributed by atoms with E-state index >= 15 is 0 Å². The van der Waals surface area contributed by atoms with Crippen LogP contribution in [0.3, 0.4) is 0 Å². The van der Waals surface area contributed by atoms with Crippen LogP contribution in [0.25, 0.3) is 0 Å². The van der Waals surface area contributed by atoms with E-state index in [2.05, 4.69) is 0 Å². The molecule has 0 aliphatic carbocycles. The molecule has 0 saturated heterocycles. The van der Waals surface area contributed by atoms with E-state index in [1.807, 2.05) is 0 Å². The zero-order chi connectivity index (χ0) is 13.2. The van der Waals surface area contributed by atoms with E-state index in [9.17, 15) is 20.2 Å². The first-order valence-corrected chi connectivity index (χ1v) is 4.87. The Morgan fingerprint density at radius 1 is 1.35 bits per heavy atom. The van der Waals surface area contributed by atoms with Crippen LogP contribution >= 0.6 is 11.6 Å². The maximum absolute atomic E-state index is 10.9. The fourth-order valence-corrected chi connectivity index (χ4v) is 1.75. The molecule has 0 bridgehead atoms. The van der Waals surface area contributed by atoms with Gasteiger partial charge in [0.05, 0.1) is 22.0 Å². The Balaban J connectivity index is 3.59. The van der Waals surface area contributed by atoms with E-state index in [0.717, 1.165) is 0 Å². The third kappa shape index (κ3) is 2.51. The number of halogens is 1. The monoisotopic (exact) mass is 260 g/mol. The molecule has 17 heavy (non-hydrogen) atoms. The summed E-state index contributed by atoms with van der Waals surface area (Å²) in [5, 5.41) is 21.1. The Morgan fingerprint density at radius 3 is 2.35 bits per heavy atom. The molecule has 1 rings (SSSR count). The second-order valence-corrected chi connectivity index (χ2v) is 3.68. The van der Waals surface area contributed by atoms with Gasteiger partial charge in [0, 0.05) is 13.2 Å². The van der Waals surface area contributed by atoms with Crippen molar-refractivity contribution in [3.8, 4) is 0 Å². The number of rotatable bonds is 4. The third-order valence-electron chi connectivity index (χ3n) is 2.22. The summed E-state index contributed by atoms with van der Waals surface area (Å²) < 4.78 is 4.82. The largest absolute Gasteiger partial charge is 0.380 e. The van der Waals surface area contributed by atoms with Crippen molar-refractivity contribution in [2.45, 2.75) is 13.5 Å². The summed E-state index contributed by atoms with van der Waals surface area (Å²) in [6.07, 6.45) is 0. The van der Waals surface area contributed by atoms with Crippen molar-refractivity contribution >= 4 is 23.0 Å². The summed E-state index contributed by atoms with van der Waals surface area (Å²) in [7, 11) is 1.37. The highest BCUT2D eigenvalue weighted by Gasteiger charge is 2.29. The number of aryl methyl sites for hydroxylation is 1. The van der Waals surface area contributed by atoms with Gasteiger partial charge in [-0.3, -0.25) is 20.2 Å². The molecule has 0 fully saturated rings. The van der Waals surface area contributed by atoms with Gasteiger partial charge in [-0.2, -0.15) is 0 Å². The molecule has 0 spiro atoms. The Bertz CT molecular complexity index is 489. The van der Waals surface area contributed by atoms with Crippen LogP contribution in [0.15, 0.2) is 6.07 Å². The maximum Gasteiger partial charge on any atom is 0.300 e. The lowest BCUT2D eigenvalue weighted by Gasteiger charge is -2.07. The first-order chi connectivity index (χ1) is 7.90. The topological polar surface area (TPSA) is 95.5 Å². The van der Waals surface area contributed by atoms with E-state index in [4.69, 9.17) is 16.3 Å². The molecule has 0 heterocycles. The summed E-state index contributed by atoms with van der Waals surface area (Å²) in [4.78, 5) is 20.1. The van der Waals surface area contributed by atoms with E-state index in [0.29, 0.717) is 5.56 Å². The number of nitrogens with zero attached hydrogens (tertiary/aromatic N) is 2. The molecule has 0 radical (unpaired) electrons. The van der Waals surface area contributed by atoms with Gasteiger partial charge in [-0.05, 0) is 12.5 Å². The molecule has 0 aliphatic rings. The summed E-state index contributed by atoms with van der Waals surface area (Å²) in [6.45, 7) is 1.50. The van der Waals surface area contributed by atoms with Gasteiger partial charge < -0.3 is 4.74 Å². The molecular weight excluding hydrogens is 252 g/mol. The molecule has 1 aromatic rings. The van der Waals surface area contributed by atoms with Crippen LogP contribution in [-0.2, 0) is 11.3 Å². The average Bonchev–Trinajstić information content (AvgIpc) is 2.22. The quantitative estimate of drug-likeness (QED) is 0.612. The average molecular weight is 261 g/mol. The number of hydrogen-bond acceptors (Lipinski definition) is 5. The number of benzene rings is 1. The van der Waals surface area contributed by atoms with Crippen molar-refractivity contribution < 1.29 is 14.6 Å². The van der Waals surface area contributed by atoms with Crippen LogP contribution in [0.2, 0.25) is 5.02 Å². The predicted octanol–water partition coefficient (Wildman–Crippen LogP) is 2.61. The van der Waals surface area contributed by atoms with Crippen molar-refractivity contribution in [3.63, 3.8) is 0 Å². The molecule has 0 saturated carbocycles. The minimum atomic E-state index is -0.751. The van der Waals surface area contributed by atoms with Gasteiger partial charge in [0.15, 0.2) is 5.02 Å². The standard InChI is InChI=1S/C9H9ClN2O5/c1-5-3-7(11(13)14)8(10)9(12(15)16)6(5)4-17-2/h3H,4H2,1-2H3. The van der Waals surface area contributed by atoms with Gasteiger partial charge in [-0.1, -0.05) is 11.6 Å². The van der Waals surface area contributed by atoms with Gasteiger partial charge in [-0.15, -0.1) is 0 Å². The molecule has 0 N–H and O–H groups in total. The third-order valence-corrected chi connectivity index (χ3v) is 2.59. The van der Waals surface area contributed by atoms with Gasteiger partial charge in [-0.25, -0.2) is 0 Å². The highest BCUT2D eigenvalue weighted by molar-refractivity contribution is 6.35. The van der Waals surface area contributed by atoms with Crippen molar-refractivity contribution in [3.05, 3.63) is 42.4 Å². The molecule has 1 aromatic carbocycles. The number of ether oxygens (including phenoxy) is 1. The number of methoxy groups -OCH3 is 1. The smallest absolute Gasteiger partial charge is 0.300 e. The van der Waals surface area contributed by atoms with Crippen LogP contribution in [-0.4, -0.2) is 17.0 Å². The van der Waals surface area contributed by atoms with Gasteiger partial charge in [0.2, 0.25) is 0 Å². The van der Waals surface area contributed by atoms with E-state index < -0.39 is 26.2 Å². The number of nitro groups is 2. The van der Waals surface area contributed by atoms with Crippen molar-refractivity contribution in [1.82, 2.24) is 0 Å². The molecule has 7 nitrogen and oxygen atoms in total. The molecule has 0 aromatic heterocycles. The zero-order valence-electron chi connectivity index (χ0n) is 9.10. The molecule has 92 valence electrons. The van der Waals surface area contributed by atoms with Crippen molar-refractivity contribution in [2.75, 3.05) is 7.11 Å². The summed E-state index contributed by atoms with van der Waals surface area (Å²) in [5.74, 6) is 0. The van der Waals surface area contributed by atoms with Crippen LogP contribution in [0, 0.1) is 27.2 Å². The van der Waals surface area contributed by atoms with Crippen LogP contribution in [0.5, 0.6) is 0 Å². The molecule has 0 atom stereocenters. The Labute approximate surface area is 101 Å². The van der Waals surface area contributed by atoms with Gasteiger partial charge in [0.25, 0.3) is 5.69 Å². The first kappa shape index (κ1) is 13.3. The molecule has 0 amide bonds. The second kappa shape index (κ2) is 5.07. The first-order valence-electron chi connectivity index (χ1n) is 4.49. The van der Waals surface area contributed by atoms with Gasteiger partial charge >= 0.3 is 5.69 Å². The highest BCUT2D eigenvalue weighted by Crippen LogP contribution is 2.38. The van der Waals surface area contributed by atoms with E-state index in [1.165, 1.54) is 20.1 Å². The van der Waals surface area contributed by atoms with Crippen LogP contribution in [0.1, 0.15) is 11.1 Å². The Kier molecular flexibility index (Phi) is 3.97. The van der Waals surface area contributed by atoms with E-state index in [-0.39, 0.29) is 12.2 Å². The van der Waals surface area contributed by atoms with Crippen LogP contribution in [0.4, 0.5) is 11.4 Å². The normalized spacial score (nSPS) is 10.3. The molecule has 8 heteroatoms. The minimum absolute atomic E-state index is 0.0279. The second-order valence-electron chi connectivity index (χ2n) is 3.30. The lowest BCUT2D eigenvalue weighted by atomic mass is 10.1. The lowest BCUT2D eigenvalue weighted by molar-refractivity contribution is -0.394. The fraction of sp³-hybridized carbons (Fsp3) is 0.333. The van der Waals surface area contributed by atoms with Crippen LogP contribution < -0.4 is 0 Å². The summed E-state index contributed by atoms with van der Waals surface area (Å²) >= 11 is 5.67. The molecule has 0 aliphatic heterocycles. The maximum atomic E-state index is 10.9. The zero-order valence-corrected chi connectivity index (χ0v) is 9.85. The van der Waals surface area contributed by atoms with E-state index in [1.54, 1.807) is 0 Å². The molecular formula is C9H9ClN2O5. The van der Waals surface area contributed by atoms with Crippen molar-refractivity contribution in [2.24, 2.45) is 0 Å². The summed E-state index contributed by atoms with van der Waals surface area (Å²) in [6, 6.07) is 1.20. The highest BCUT2D eigenvalue weighted by atomic mass is 35.5. The fourth-order valence-electron chi connectivity index (χ4n) is 1.45. The Morgan fingerprint density at radius 2 is 1.94 bits per heavy atom. The molecule has 0 unspecified atom stereocenters. The Hall–Kier alpha value is -1.73. The number of nitro benzene ring substituents is 2. The SMILES string of the molecule is COCc1c(C)cc([N+](=O)[O-])c(Cl)c1[N+](=O)[O-]. The minimum Gasteiger partial charge on any atom is -0.380 e. The summed E-state index contributed by atoms with van der Waals surface area (Å²) in [5.41, 5.74) is -0.307. The predicted molar refractivity (Wildman–Crippen MR) is 60.2 cm³/mol. The van der Waals surface area contributed by atoms with Gasteiger partial charge in [0.1, 0.15) is 0 Å². The van der Waals surface area contributed by atoms with Crippen molar-refractivity contribution in [1.29, 1.82) is 0 Å². The lowest BCUT2D eigenvalue weighted by Crippen LogP contribution is -2.03. The number of hydrogen-bond donors (Lipinski definition) is 0.